The fourth-order valence-electron chi connectivity index (χ4n) is 4.58. The summed E-state index contributed by atoms with van der Waals surface area (Å²) < 4.78 is 5.61. The molecule has 2 aromatic carbocycles. The van der Waals surface area contributed by atoms with E-state index < -0.39 is 17.6 Å². The average Bonchev–Trinajstić information content (AvgIpc) is 3.42. The van der Waals surface area contributed by atoms with Gasteiger partial charge in [-0.05, 0) is 41.5 Å². The maximum Gasteiger partial charge on any atom is 0.408 e. The normalized spacial score (nSPS) is 15.5. The van der Waals surface area contributed by atoms with Gasteiger partial charge in [-0.15, -0.1) is 11.3 Å². The monoisotopic (exact) mass is 477 g/mol. The van der Waals surface area contributed by atoms with E-state index in [1.54, 1.807) is 0 Å². The van der Waals surface area contributed by atoms with E-state index in [0.29, 0.717) is 17.8 Å². The highest BCUT2D eigenvalue weighted by atomic mass is 32.1. The molecule has 3 aromatic rings. The molecule has 1 fully saturated rings. The number of thiazole rings is 1. The van der Waals surface area contributed by atoms with Crippen molar-refractivity contribution in [3.8, 4) is 11.1 Å². The summed E-state index contributed by atoms with van der Waals surface area (Å²) in [5, 5.41) is 15.0. The summed E-state index contributed by atoms with van der Waals surface area (Å²) in [7, 11) is 0. The quantitative estimate of drug-likeness (QED) is 0.475. The first-order chi connectivity index (χ1) is 16.5. The molecule has 2 amide bonds. The number of carbonyl (C=O) groups is 3. The van der Waals surface area contributed by atoms with Gasteiger partial charge in [0.05, 0.1) is 12.7 Å². The Morgan fingerprint density at radius 1 is 1.06 bits per heavy atom. The van der Waals surface area contributed by atoms with Gasteiger partial charge in [0.25, 0.3) is 0 Å². The molecule has 0 saturated heterocycles. The van der Waals surface area contributed by atoms with E-state index in [2.05, 4.69) is 39.9 Å². The molecule has 5 rings (SSSR count). The van der Waals surface area contributed by atoms with Crippen molar-refractivity contribution in [2.24, 2.45) is 0 Å². The maximum atomic E-state index is 12.9. The Balaban J connectivity index is 1.20. The van der Waals surface area contributed by atoms with Crippen LogP contribution < -0.4 is 10.6 Å². The van der Waals surface area contributed by atoms with Crippen LogP contribution in [-0.2, 0) is 16.1 Å². The lowest BCUT2D eigenvalue weighted by molar-refractivity contribution is -0.131. The number of carboxylic acid groups (broad SMARTS) is 1. The number of aromatic carboxylic acids is 1. The molecule has 1 saturated carbocycles. The molecule has 8 nitrogen and oxygen atoms in total. The van der Waals surface area contributed by atoms with Gasteiger partial charge in [0, 0.05) is 5.92 Å². The molecule has 3 N–H and O–H groups in total. The second-order valence-corrected chi connectivity index (χ2v) is 9.61. The number of hydrogen-bond acceptors (Lipinski definition) is 6. The first-order valence-corrected chi connectivity index (χ1v) is 11.9. The van der Waals surface area contributed by atoms with Gasteiger partial charge in [-0.1, -0.05) is 48.5 Å². The van der Waals surface area contributed by atoms with E-state index in [0.717, 1.165) is 40.0 Å². The van der Waals surface area contributed by atoms with E-state index in [9.17, 15) is 14.4 Å². The molecule has 1 aromatic heterocycles. The Hall–Kier alpha value is -3.72. The first-order valence-electron chi connectivity index (χ1n) is 11.1. The van der Waals surface area contributed by atoms with Crippen LogP contribution in [0.1, 0.15) is 51.0 Å². The third-order valence-electron chi connectivity index (χ3n) is 6.49. The van der Waals surface area contributed by atoms with Crippen LogP contribution in [0.3, 0.4) is 0 Å². The second kappa shape index (κ2) is 8.90. The Morgan fingerprint density at radius 2 is 1.71 bits per heavy atom. The lowest BCUT2D eigenvalue weighted by atomic mass is 9.76. The summed E-state index contributed by atoms with van der Waals surface area (Å²) in [6, 6.07) is 16.2. The van der Waals surface area contributed by atoms with Crippen LogP contribution in [0, 0.1) is 0 Å². The minimum atomic E-state index is -1.05. The van der Waals surface area contributed by atoms with E-state index in [1.165, 1.54) is 6.20 Å². The lowest BCUT2D eigenvalue weighted by Crippen LogP contribution is -2.62. The standard InChI is InChI=1S/C25H23N3O5S/c29-22(30)20-12-26-21(34-20)13-27-23(31)25(10-5-11-25)28-24(32)33-14-19-17-8-3-1-6-15(17)16-7-2-4-9-18(16)19/h1-4,6-9,12,19H,5,10-11,13-14H2,(H,27,31)(H,28,32)(H,29,30). The fraction of sp³-hybridized carbons (Fsp3) is 0.280. The molecule has 9 heteroatoms. The van der Waals surface area contributed by atoms with Crippen molar-refractivity contribution in [3.63, 3.8) is 0 Å². The van der Waals surface area contributed by atoms with Gasteiger partial charge in [-0.3, -0.25) is 4.79 Å². The largest absolute Gasteiger partial charge is 0.477 e. The molecule has 174 valence electrons. The number of rotatable bonds is 7. The van der Waals surface area contributed by atoms with Crippen molar-refractivity contribution in [2.75, 3.05) is 6.61 Å². The van der Waals surface area contributed by atoms with Crippen LogP contribution in [0.15, 0.2) is 54.7 Å². The summed E-state index contributed by atoms with van der Waals surface area (Å²) in [5.41, 5.74) is 3.52. The zero-order chi connectivity index (χ0) is 23.7. The molecule has 0 atom stereocenters. The molecular formula is C25H23N3O5S. The smallest absolute Gasteiger partial charge is 0.408 e. The van der Waals surface area contributed by atoms with E-state index in [4.69, 9.17) is 9.84 Å². The van der Waals surface area contributed by atoms with Crippen molar-refractivity contribution in [1.29, 1.82) is 0 Å². The second-order valence-electron chi connectivity index (χ2n) is 8.49. The molecule has 0 spiro atoms. The van der Waals surface area contributed by atoms with Crippen molar-refractivity contribution in [3.05, 3.63) is 75.7 Å². The first kappa shape index (κ1) is 22.1. The number of alkyl carbamates (subject to hydrolysis) is 1. The Bertz CT molecular complexity index is 1220. The van der Waals surface area contributed by atoms with E-state index in [-0.39, 0.29) is 29.9 Å². The molecule has 0 unspecified atom stereocenters. The van der Waals surface area contributed by atoms with Gasteiger partial charge in [-0.2, -0.15) is 0 Å². The SMILES string of the molecule is O=C(NC1(C(=O)NCc2ncc(C(=O)O)s2)CCC1)OCC1c2ccccc2-c2ccccc21. The van der Waals surface area contributed by atoms with Gasteiger partial charge in [-0.25, -0.2) is 14.6 Å². The highest BCUT2D eigenvalue weighted by molar-refractivity contribution is 7.13. The average molecular weight is 478 g/mol. The summed E-state index contributed by atoms with van der Waals surface area (Å²) in [5.74, 6) is -1.43. The molecule has 0 aliphatic heterocycles. The van der Waals surface area contributed by atoms with Gasteiger partial charge in [0.2, 0.25) is 5.91 Å². The number of benzene rings is 2. The molecular weight excluding hydrogens is 454 g/mol. The van der Waals surface area contributed by atoms with Crippen LogP contribution >= 0.6 is 11.3 Å². The third kappa shape index (κ3) is 4.03. The molecule has 0 bridgehead atoms. The Kier molecular flexibility index (Phi) is 5.79. The molecule has 1 heterocycles. The van der Waals surface area contributed by atoms with Crippen LogP contribution in [0.25, 0.3) is 11.1 Å². The topological polar surface area (TPSA) is 118 Å². The zero-order valence-corrected chi connectivity index (χ0v) is 19.1. The third-order valence-corrected chi connectivity index (χ3v) is 7.48. The summed E-state index contributed by atoms with van der Waals surface area (Å²) in [4.78, 5) is 40.7. The van der Waals surface area contributed by atoms with E-state index >= 15 is 0 Å². The highest BCUT2D eigenvalue weighted by Crippen LogP contribution is 2.44. The predicted octanol–water partition coefficient (Wildman–Crippen LogP) is 3.92. The van der Waals surface area contributed by atoms with Crippen LogP contribution in [0.4, 0.5) is 4.79 Å². The van der Waals surface area contributed by atoms with Gasteiger partial charge >= 0.3 is 12.1 Å². The number of carbonyl (C=O) groups excluding carboxylic acids is 2. The minimum absolute atomic E-state index is 0.0577. The molecule has 34 heavy (non-hydrogen) atoms. The number of nitrogens with one attached hydrogen (secondary N) is 2. The maximum absolute atomic E-state index is 12.9. The lowest BCUT2D eigenvalue weighted by Gasteiger charge is -2.40. The minimum Gasteiger partial charge on any atom is -0.477 e. The van der Waals surface area contributed by atoms with Gasteiger partial charge in [0.1, 0.15) is 22.0 Å². The van der Waals surface area contributed by atoms with Crippen LogP contribution in [0.2, 0.25) is 0 Å². The Labute approximate surface area is 200 Å². The molecule has 2 aliphatic carbocycles. The number of hydrogen-bond donors (Lipinski definition) is 3. The van der Waals surface area contributed by atoms with Gasteiger partial charge < -0.3 is 20.5 Å². The van der Waals surface area contributed by atoms with Crippen molar-refractivity contribution in [2.45, 2.75) is 37.3 Å². The molecule has 0 radical (unpaired) electrons. The van der Waals surface area contributed by atoms with Gasteiger partial charge in [0.15, 0.2) is 0 Å². The zero-order valence-electron chi connectivity index (χ0n) is 18.2. The number of fused-ring (bicyclic) bond motifs is 3. The fourth-order valence-corrected chi connectivity index (χ4v) is 5.28. The number of aromatic nitrogens is 1. The predicted molar refractivity (Wildman–Crippen MR) is 126 cm³/mol. The highest BCUT2D eigenvalue weighted by Gasteiger charge is 2.46. The number of nitrogens with zero attached hydrogens (tertiary/aromatic N) is 1. The summed E-state index contributed by atoms with van der Waals surface area (Å²) in [6.45, 7) is 0.277. The van der Waals surface area contributed by atoms with Crippen LogP contribution in [0.5, 0.6) is 0 Å². The Morgan fingerprint density at radius 3 is 2.26 bits per heavy atom. The number of amides is 2. The van der Waals surface area contributed by atoms with Crippen LogP contribution in [-0.4, -0.2) is 40.2 Å². The van der Waals surface area contributed by atoms with Crippen molar-refractivity contribution in [1.82, 2.24) is 15.6 Å². The summed E-state index contributed by atoms with van der Waals surface area (Å²) >= 11 is 1.01. The van der Waals surface area contributed by atoms with E-state index in [1.807, 2.05) is 24.3 Å². The van der Waals surface area contributed by atoms with Crippen molar-refractivity contribution < 1.29 is 24.2 Å². The number of ether oxygens (including phenoxy) is 1. The number of carboxylic acids is 1. The van der Waals surface area contributed by atoms with Crippen molar-refractivity contribution >= 4 is 29.3 Å². The summed E-state index contributed by atoms with van der Waals surface area (Å²) in [6.07, 6.45) is 2.49. The molecule has 2 aliphatic rings.